The summed E-state index contributed by atoms with van der Waals surface area (Å²) in [6.45, 7) is 1.72. The van der Waals surface area contributed by atoms with E-state index in [-0.39, 0.29) is 40.6 Å². The molecule has 0 spiro atoms. The molecule has 228 valence electrons. The number of fused-ring (bicyclic) bond motifs is 4. The molecule has 3 fully saturated rings. The second-order valence-corrected chi connectivity index (χ2v) is 12.6. The molecule has 2 heterocycles. The van der Waals surface area contributed by atoms with E-state index in [1.54, 1.807) is 19.1 Å². The lowest BCUT2D eigenvalue weighted by Gasteiger charge is -2.49. The summed E-state index contributed by atoms with van der Waals surface area (Å²) in [5.41, 5.74) is 0.302. The van der Waals surface area contributed by atoms with Gasteiger partial charge in [-0.25, -0.2) is 14.1 Å². The number of hydrogen-bond donors (Lipinski definition) is 2. The van der Waals surface area contributed by atoms with E-state index in [4.69, 9.17) is 11.6 Å². The fourth-order valence-corrected chi connectivity index (χ4v) is 8.14. The summed E-state index contributed by atoms with van der Waals surface area (Å²) >= 11 is 6.03. The number of carboxylic acids is 1. The van der Waals surface area contributed by atoms with E-state index >= 15 is 0 Å². The maximum atomic E-state index is 14.4. The van der Waals surface area contributed by atoms with Crippen molar-refractivity contribution in [1.82, 2.24) is 0 Å². The molecule has 45 heavy (non-hydrogen) atoms. The summed E-state index contributed by atoms with van der Waals surface area (Å²) in [7, 11) is 0. The number of carbonyl (C=O) groups excluding carboxylic acids is 4. The predicted molar refractivity (Wildman–Crippen MR) is 160 cm³/mol. The number of hydrogen-bond acceptors (Lipinski definition) is 6. The molecule has 0 radical (unpaired) electrons. The number of rotatable bonds is 4. The number of imide groups is 2. The topological polar surface area (TPSA) is 132 Å². The largest absolute Gasteiger partial charge is 0.508 e. The zero-order valence-electron chi connectivity index (χ0n) is 23.8. The molecule has 11 heteroatoms. The Morgan fingerprint density at radius 1 is 0.911 bits per heavy atom. The highest BCUT2D eigenvalue weighted by molar-refractivity contribution is 6.32. The number of allylic oxidation sites excluding steroid dienone is 2. The number of phenols is 1. The van der Waals surface area contributed by atoms with Gasteiger partial charge in [0.2, 0.25) is 23.6 Å². The van der Waals surface area contributed by atoms with Crippen molar-refractivity contribution in [2.45, 2.75) is 25.7 Å². The minimum absolute atomic E-state index is 0.0118. The van der Waals surface area contributed by atoms with Crippen LogP contribution in [0.15, 0.2) is 78.4 Å². The number of phenolic OH excluding ortho intramolecular Hbond substituents is 1. The molecule has 0 aromatic heterocycles. The summed E-state index contributed by atoms with van der Waals surface area (Å²) in [6.07, 6.45) is 2.21. The maximum absolute atomic E-state index is 14.4. The molecule has 3 aromatic rings. The van der Waals surface area contributed by atoms with Crippen molar-refractivity contribution in [3.05, 3.63) is 100 Å². The van der Waals surface area contributed by atoms with E-state index in [1.165, 1.54) is 48.5 Å². The van der Waals surface area contributed by atoms with Gasteiger partial charge in [-0.2, -0.15) is 0 Å². The molecule has 2 aliphatic carbocycles. The molecule has 4 aliphatic rings. The number of nitrogens with zero attached hydrogens (tertiary/aromatic N) is 2. The number of amides is 4. The van der Waals surface area contributed by atoms with Gasteiger partial charge in [0.25, 0.3) is 0 Å². The van der Waals surface area contributed by atoms with Crippen LogP contribution in [0.5, 0.6) is 5.75 Å². The smallest absolute Gasteiger partial charge is 0.335 e. The molecule has 1 saturated carbocycles. The first-order valence-corrected chi connectivity index (χ1v) is 14.8. The molecule has 6 atom stereocenters. The monoisotopic (exact) mass is 628 g/mol. The third-order valence-electron chi connectivity index (χ3n) is 10.0. The standard InChI is InChI=1S/C34H26ClFN2O7/c1-34-24(30(41)38(33(34)45)19-7-12-26(36)25(35)14-19)15-23-21(28(34)16-5-8-20(39)9-6-16)10-11-22-27(23)31(42)37(29(22)40)18-4-2-3-17(13-18)32(43)44/h2-10,12-14,22-24,27-28,39H,11,15H2,1H3,(H,43,44)/t22-,23+,24-,27-,28-,34+/m0/s1. The van der Waals surface area contributed by atoms with Crippen LogP contribution in [-0.4, -0.2) is 39.8 Å². The fourth-order valence-electron chi connectivity index (χ4n) is 7.96. The first kappa shape index (κ1) is 28.9. The molecular weight excluding hydrogens is 603 g/mol. The molecule has 2 saturated heterocycles. The van der Waals surface area contributed by atoms with E-state index in [0.29, 0.717) is 5.56 Å². The Kier molecular flexibility index (Phi) is 6.49. The highest BCUT2D eigenvalue weighted by Crippen LogP contribution is 2.63. The van der Waals surface area contributed by atoms with E-state index < -0.39 is 70.4 Å². The first-order chi connectivity index (χ1) is 21.4. The van der Waals surface area contributed by atoms with Crippen LogP contribution in [0.4, 0.5) is 15.8 Å². The lowest BCUT2D eigenvalue weighted by atomic mass is 9.51. The van der Waals surface area contributed by atoms with Gasteiger partial charge >= 0.3 is 5.97 Å². The number of anilines is 2. The summed E-state index contributed by atoms with van der Waals surface area (Å²) in [5.74, 6) is -7.59. The van der Waals surface area contributed by atoms with E-state index in [0.717, 1.165) is 21.4 Å². The average Bonchev–Trinajstić information content (AvgIpc) is 3.38. The van der Waals surface area contributed by atoms with Crippen LogP contribution in [0.2, 0.25) is 5.02 Å². The van der Waals surface area contributed by atoms with Gasteiger partial charge in [0, 0.05) is 5.92 Å². The van der Waals surface area contributed by atoms with Crippen LogP contribution in [-0.2, 0) is 19.2 Å². The normalized spacial score (nSPS) is 29.0. The molecule has 7 rings (SSSR count). The number of halogens is 2. The minimum Gasteiger partial charge on any atom is -0.508 e. The SMILES string of the molecule is C[C@@]12C(=O)N(c3ccc(F)c(Cl)c3)C(=O)[C@@H]1C[C@@H]1C(=CC[C@@H]3C(=O)N(c4cccc(C(=O)O)c4)C(=O)[C@@H]31)[C@@H]2c1ccc(O)cc1. The van der Waals surface area contributed by atoms with Gasteiger partial charge in [0.1, 0.15) is 11.6 Å². The minimum atomic E-state index is -1.31. The summed E-state index contributed by atoms with van der Waals surface area (Å²) in [4.78, 5) is 70.1. The van der Waals surface area contributed by atoms with Crippen LogP contribution in [0.25, 0.3) is 0 Å². The molecular formula is C34H26ClFN2O7. The van der Waals surface area contributed by atoms with E-state index in [2.05, 4.69) is 0 Å². The molecule has 2 aliphatic heterocycles. The van der Waals surface area contributed by atoms with Crippen molar-refractivity contribution in [3.8, 4) is 5.75 Å². The van der Waals surface area contributed by atoms with Crippen LogP contribution >= 0.6 is 11.6 Å². The lowest BCUT2D eigenvalue weighted by Crippen LogP contribution is -2.48. The molecule has 4 amide bonds. The Hall–Kier alpha value is -4.83. The van der Waals surface area contributed by atoms with Crippen molar-refractivity contribution in [2.24, 2.45) is 29.1 Å². The van der Waals surface area contributed by atoms with E-state index in [1.807, 2.05) is 6.08 Å². The molecule has 0 bridgehead atoms. The van der Waals surface area contributed by atoms with Gasteiger partial charge in [-0.1, -0.05) is 41.4 Å². The highest BCUT2D eigenvalue weighted by atomic mass is 35.5. The molecule has 0 unspecified atom stereocenters. The quantitative estimate of drug-likeness (QED) is 0.295. The number of aromatic carboxylic acids is 1. The van der Waals surface area contributed by atoms with Crippen LogP contribution in [0, 0.1) is 34.9 Å². The second-order valence-electron chi connectivity index (χ2n) is 12.2. The molecule has 9 nitrogen and oxygen atoms in total. The molecule has 3 aromatic carbocycles. The van der Waals surface area contributed by atoms with Crippen molar-refractivity contribution < 1.29 is 38.6 Å². The number of aromatic hydroxyl groups is 1. The lowest BCUT2D eigenvalue weighted by molar-refractivity contribution is -0.131. The zero-order valence-corrected chi connectivity index (χ0v) is 24.6. The summed E-state index contributed by atoms with van der Waals surface area (Å²) < 4.78 is 14.0. The summed E-state index contributed by atoms with van der Waals surface area (Å²) in [6, 6.07) is 15.6. The van der Waals surface area contributed by atoms with Gasteiger partial charge < -0.3 is 10.2 Å². The molecule has 2 N–H and O–H groups in total. The van der Waals surface area contributed by atoms with E-state index in [9.17, 15) is 38.6 Å². The Labute approximate surface area is 261 Å². The van der Waals surface area contributed by atoms with Crippen molar-refractivity contribution in [2.75, 3.05) is 9.80 Å². The third kappa shape index (κ3) is 4.08. The van der Waals surface area contributed by atoms with Crippen LogP contribution in [0.1, 0.15) is 41.6 Å². The third-order valence-corrected chi connectivity index (χ3v) is 10.3. The number of carbonyl (C=O) groups is 5. The van der Waals surface area contributed by atoms with Crippen molar-refractivity contribution in [3.63, 3.8) is 0 Å². The Morgan fingerprint density at radius 3 is 2.31 bits per heavy atom. The van der Waals surface area contributed by atoms with Crippen molar-refractivity contribution >= 4 is 52.6 Å². The number of carboxylic acid groups (broad SMARTS) is 1. The van der Waals surface area contributed by atoms with Gasteiger partial charge in [-0.15, -0.1) is 0 Å². The Balaban J connectivity index is 1.35. The Bertz CT molecular complexity index is 1870. The Morgan fingerprint density at radius 2 is 1.62 bits per heavy atom. The van der Waals surface area contributed by atoms with Crippen LogP contribution in [0.3, 0.4) is 0 Å². The van der Waals surface area contributed by atoms with Gasteiger partial charge in [0.05, 0.1) is 45.1 Å². The highest BCUT2D eigenvalue weighted by Gasteiger charge is 2.67. The maximum Gasteiger partial charge on any atom is 0.335 e. The number of benzene rings is 3. The fraction of sp³-hybridized carbons (Fsp3) is 0.265. The van der Waals surface area contributed by atoms with Gasteiger partial charge in [0.15, 0.2) is 0 Å². The first-order valence-electron chi connectivity index (χ1n) is 14.5. The average molecular weight is 629 g/mol. The zero-order chi connectivity index (χ0) is 31.9. The van der Waals surface area contributed by atoms with Crippen molar-refractivity contribution in [1.29, 1.82) is 0 Å². The summed E-state index contributed by atoms with van der Waals surface area (Å²) in [5, 5.41) is 19.3. The van der Waals surface area contributed by atoms with Crippen LogP contribution < -0.4 is 9.80 Å². The van der Waals surface area contributed by atoms with Gasteiger partial charge in [-0.3, -0.25) is 24.1 Å². The second kappa shape index (κ2) is 10.1. The predicted octanol–water partition coefficient (Wildman–Crippen LogP) is 5.32. The van der Waals surface area contributed by atoms with Gasteiger partial charge in [-0.05, 0) is 79.8 Å².